The molecule has 0 aliphatic carbocycles. The van der Waals surface area contributed by atoms with Crippen molar-refractivity contribution in [2.24, 2.45) is 0 Å². The van der Waals surface area contributed by atoms with Crippen molar-refractivity contribution in [3.05, 3.63) is 76.9 Å². The first-order valence-corrected chi connectivity index (χ1v) is 8.79. The Kier molecular flexibility index (Phi) is 3.85. The molecule has 1 heterocycles. The fourth-order valence-electron chi connectivity index (χ4n) is 2.71. The van der Waals surface area contributed by atoms with Gasteiger partial charge in [0.1, 0.15) is 4.64 Å². The van der Waals surface area contributed by atoms with Crippen molar-refractivity contribution in [2.45, 2.75) is 10.9 Å². The van der Waals surface area contributed by atoms with Gasteiger partial charge in [-0.25, -0.2) is 4.98 Å². The van der Waals surface area contributed by atoms with Gasteiger partial charge in [-0.3, -0.25) is 0 Å². The molecular weight excluding hydrogens is 320 g/mol. The molecule has 3 aromatic carbocycles. The van der Waals surface area contributed by atoms with Gasteiger partial charge in [-0.2, -0.15) is 0 Å². The minimum Gasteiger partial charge on any atom is -0.334 e. The number of nitrogens with zero attached hydrogens (tertiary/aromatic N) is 1. The topological polar surface area (TPSA) is 28.7 Å². The minimum absolute atomic E-state index is 0.653. The molecule has 0 spiro atoms. The fourth-order valence-corrected chi connectivity index (χ4v) is 3.92. The van der Waals surface area contributed by atoms with E-state index in [1.165, 1.54) is 16.3 Å². The van der Waals surface area contributed by atoms with E-state index in [4.69, 9.17) is 12.2 Å². The summed E-state index contributed by atoms with van der Waals surface area (Å²) in [6.07, 6.45) is 0. The molecule has 0 aliphatic heterocycles. The lowest BCUT2D eigenvalue weighted by atomic mass is 10.1. The largest absolute Gasteiger partial charge is 0.334 e. The Morgan fingerprint density at radius 3 is 2.52 bits per heavy atom. The van der Waals surface area contributed by atoms with Crippen LogP contribution in [0.2, 0.25) is 0 Å². The zero-order valence-corrected chi connectivity index (χ0v) is 14.0. The van der Waals surface area contributed by atoms with Gasteiger partial charge in [0.05, 0.1) is 5.52 Å². The second-order valence-corrected chi connectivity index (χ2v) is 6.67. The molecule has 0 radical (unpaired) electrons. The van der Waals surface area contributed by atoms with E-state index in [0.29, 0.717) is 4.64 Å². The summed E-state index contributed by atoms with van der Waals surface area (Å²) in [5, 5.41) is 4.42. The van der Waals surface area contributed by atoms with Crippen LogP contribution in [-0.4, -0.2) is 9.97 Å². The number of rotatable bonds is 3. The zero-order valence-electron chi connectivity index (χ0n) is 12.3. The summed E-state index contributed by atoms with van der Waals surface area (Å²) in [6.45, 7) is 0. The number of aromatic nitrogens is 2. The molecule has 2 nitrogen and oxygen atoms in total. The molecule has 0 bridgehead atoms. The molecule has 0 saturated carbocycles. The molecule has 23 heavy (non-hydrogen) atoms. The molecule has 0 unspecified atom stereocenters. The maximum absolute atomic E-state index is 5.40. The molecule has 112 valence electrons. The third kappa shape index (κ3) is 2.87. The summed E-state index contributed by atoms with van der Waals surface area (Å²) in [7, 11) is 0. The highest BCUT2D eigenvalue weighted by molar-refractivity contribution is 7.98. The highest BCUT2D eigenvalue weighted by Crippen LogP contribution is 2.26. The first-order chi connectivity index (χ1) is 11.3. The molecule has 0 saturated heterocycles. The lowest BCUT2D eigenvalue weighted by Crippen LogP contribution is -1.91. The summed E-state index contributed by atoms with van der Waals surface area (Å²) in [5.74, 6) is 0.859. The van der Waals surface area contributed by atoms with Gasteiger partial charge in [0.25, 0.3) is 0 Å². The van der Waals surface area contributed by atoms with Gasteiger partial charge in [-0.15, -0.1) is 0 Å². The number of aromatic amines is 1. The van der Waals surface area contributed by atoms with E-state index in [0.717, 1.165) is 21.8 Å². The maximum Gasteiger partial charge on any atom is 0.167 e. The van der Waals surface area contributed by atoms with E-state index in [1.807, 2.05) is 24.3 Å². The number of hydrogen-bond donors (Lipinski definition) is 1. The van der Waals surface area contributed by atoms with Gasteiger partial charge in [0.15, 0.2) is 5.16 Å². The van der Waals surface area contributed by atoms with Crippen molar-refractivity contribution < 1.29 is 0 Å². The Morgan fingerprint density at radius 1 is 0.870 bits per heavy atom. The standard InChI is InChI=1S/C19H14N2S2/c22-18-16-10-3-4-11-17(16)20-19(21-18)23-12-14-8-5-7-13-6-1-2-9-15(13)14/h1-11H,12H2,(H,20,21,22). The van der Waals surface area contributed by atoms with Crippen LogP contribution < -0.4 is 0 Å². The van der Waals surface area contributed by atoms with Crippen LogP contribution in [0.1, 0.15) is 5.56 Å². The second kappa shape index (κ2) is 6.14. The lowest BCUT2D eigenvalue weighted by Gasteiger charge is -2.07. The van der Waals surface area contributed by atoms with Crippen LogP contribution in [-0.2, 0) is 5.75 Å². The summed E-state index contributed by atoms with van der Waals surface area (Å²) in [4.78, 5) is 7.89. The van der Waals surface area contributed by atoms with Crippen LogP contribution in [0.5, 0.6) is 0 Å². The van der Waals surface area contributed by atoms with E-state index in [2.05, 4.69) is 52.4 Å². The number of nitrogens with one attached hydrogen (secondary N) is 1. The Bertz CT molecular complexity index is 1050. The molecule has 1 aromatic heterocycles. The first kappa shape index (κ1) is 14.4. The van der Waals surface area contributed by atoms with Crippen molar-refractivity contribution in [3.8, 4) is 0 Å². The summed E-state index contributed by atoms with van der Waals surface area (Å²) >= 11 is 7.09. The predicted molar refractivity (Wildman–Crippen MR) is 100 cm³/mol. The molecule has 0 fully saturated rings. The minimum atomic E-state index is 0.653. The predicted octanol–water partition coefficient (Wildman–Crippen LogP) is 5.74. The molecule has 4 aromatic rings. The maximum atomic E-state index is 5.40. The van der Waals surface area contributed by atoms with Gasteiger partial charge in [0.2, 0.25) is 0 Å². The highest BCUT2D eigenvalue weighted by Gasteiger charge is 2.05. The number of H-pyrrole nitrogens is 1. The molecule has 4 heteroatoms. The molecular formula is C19H14N2S2. The molecule has 0 atom stereocenters. The Labute approximate surface area is 143 Å². The Hall–Kier alpha value is -2.17. The van der Waals surface area contributed by atoms with Crippen molar-refractivity contribution in [3.63, 3.8) is 0 Å². The normalized spacial score (nSPS) is 11.1. The Balaban J connectivity index is 1.67. The van der Waals surface area contributed by atoms with Crippen LogP contribution in [0.25, 0.3) is 21.7 Å². The van der Waals surface area contributed by atoms with E-state index in [-0.39, 0.29) is 0 Å². The summed E-state index contributed by atoms with van der Waals surface area (Å²) in [5.41, 5.74) is 2.34. The van der Waals surface area contributed by atoms with E-state index >= 15 is 0 Å². The van der Waals surface area contributed by atoms with Gasteiger partial charge >= 0.3 is 0 Å². The average molecular weight is 334 g/mol. The SMILES string of the molecule is S=c1nc(SCc2cccc3ccccc23)[nH]c2ccccc12. The first-order valence-electron chi connectivity index (χ1n) is 7.40. The van der Waals surface area contributed by atoms with Gasteiger partial charge in [-0.1, -0.05) is 78.6 Å². The van der Waals surface area contributed by atoms with Crippen LogP contribution >= 0.6 is 24.0 Å². The second-order valence-electron chi connectivity index (χ2n) is 5.32. The van der Waals surface area contributed by atoms with Crippen molar-refractivity contribution in [2.75, 3.05) is 0 Å². The van der Waals surface area contributed by atoms with E-state index in [9.17, 15) is 0 Å². The van der Waals surface area contributed by atoms with Crippen molar-refractivity contribution >= 4 is 45.7 Å². The summed E-state index contributed by atoms with van der Waals surface area (Å²) in [6, 6.07) is 22.9. The molecule has 4 rings (SSSR count). The lowest BCUT2D eigenvalue weighted by molar-refractivity contribution is 0.993. The summed E-state index contributed by atoms with van der Waals surface area (Å²) < 4.78 is 0.653. The van der Waals surface area contributed by atoms with Crippen LogP contribution in [0.15, 0.2) is 71.9 Å². The Morgan fingerprint density at radius 2 is 1.61 bits per heavy atom. The fraction of sp³-hybridized carbons (Fsp3) is 0.0526. The third-order valence-electron chi connectivity index (χ3n) is 3.85. The number of fused-ring (bicyclic) bond motifs is 2. The third-order valence-corrected chi connectivity index (χ3v) is 5.08. The van der Waals surface area contributed by atoms with Crippen molar-refractivity contribution in [1.82, 2.24) is 9.97 Å². The van der Waals surface area contributed by atoms with Crippen LogP contribution in [0.4, 0.5) is 0 Å². The van der Waals surface area contributed by atoms with E-state index in [1.54, 1.807) is 11.8 Å². The number of hydrogen-bond acceptors (Lipinski definition) is 3. The quantitative estimate of drug-likeness (QED) is 0.294. The molecule has 1 N–H and O–H groups in total. The number of para-hydroxylation sites is 1. The average Bonchev–Trinajstić information content (AvgIpc) is 2.60. The number of thioether (sulfide) groups is 1. The van der Waals surface area contributed by atoms with Crippen LogP contribution in [0, 0.1) is 4.64 Å². The molecule has 0 amide bonds. The smallest absolute Gasteiger partial charge is 0.167 e. The zero-order chi connectivity index (χ0) is 15.6. The van der Waals surface area contributed by atoms with Crippen molar-refractivity contribution in [1.29, 1.82) is 0 Å². The van der Waals surface area contributed by atoms with Gasteiger partial charge in [0, 0.05) is 11.1 Å². The van der Waals surface area contributed by atoms with Gasteiger partial charge < -0.3 is 4.98 Å². The van der Waals surface area contributed by atoms with E-state index < -0.39 is 0 Å². The number of benzene rings is 3. The highest BCUT2D eigenvalue weighted by atomic mass is 32.2. The molecule has 0 aliphatic rings. The van der Waals surface area contributed by atoms with Crippen LogP contribution in [0.3, 0.4) is 0 Å². The monoisotopic (exact) mass is 334 g/mol. The van der Waals surface area contributed by atoms with Gasteiger partial charge in [-0.05, 0) is 28.5 Å².